The number of para-hydroxylation sites is 2. The zero-order valence-electron chi connectivity index (χ0n) is 21.4. The Morgan fingerprint density at radius 2 is 1.76 bits per heavy atom. The van der Waals surface area contributed by atoms with Crippen LogP contribution in [0.15, 0.2) is 48.5 Å². The molecule has 2 saturated heterocycles. The van der Waals surface area contributed by atoms with Gasteiger partial charge >= 0.3 is 0 Å². The molecule has 3 atom stereocenters. The molecule has 6 rings (SSSR count). The summed E-state index contributed by atoms with van der Waals surface area (Å²) >= 11 is 0. The van der Waals surface area contributed by atoms with Gasteiger partial charge in [0.2, 0.25) is 5.91 Å². The Bertz CT molecular complexity index is 1520. The predicted octanol–water partition coefficient (Wildman–Crippen LogP) is 4.54. The first-order chi connectivity index (χ1) is 18.3. The highest BCUT2D eigenvalue weighted by Gasteiger charge is 2.48. The normalized spacial score (nSPS) is 19.7. The van der Waals surface area contributed by atoms with Crippen LogP contribution in [0.5, 0.6) is 0 Å². The summed E-state index contributed by atoms with van der Waals surface area (Å²) in [4.78, 5) is 54.4. The van der Waals surface area contributed by atoms with Gasteiger partial charge in [-0.05, 0) is 55.2 Å². The van der Waals surface area contributed by atoms with Crippen molar-refractivity contribution in [3.8, 4) is 0 Å². The number of hydrogen-bond acceptors (Lipinski definition) is 4. The van der Waals surface area contributed by atoms with Crippen LogP contribution in [0.1, 0.15) is 54.2 Å². The van der Waals surface area contributed by atoms with Crippen molar-refractivity contribution in [2.45, 2.75) is 45.2 Å². The Morgan fingerprint density at radius 1 is 1.00 bits per heavy atom. The predicted molar refractivity (Wildman–Crippen MR) is 141 cm³/mol. The average Bonchev–Trinajstić information content (AvgIpc) is 3.68. The highest BCUT2D eigenvalue weighted by molar-refractivity contribution is 6.01. The van der Waals surface area contributed by atoms with Crippen LogP contribution in [0.2, 0.25) is 0 Å². The lowest BCUT2D eigenvalue weighted by Crippen LogP contribution is -2.52. The van der Waals surface area contributed by atoms with Crippen LogP contribution in [-0.4, -0.2) is 67.5 Å². The van der Waals surface area contributed by atoms with Crippen LogP contribution >= 0.6 is 0 Å². The summed E-state index contributed by atoms with van der Waals surface area (Å²) in [6.45, 7) is 5.01. The van der Waals surface area contributed by atoms with Gasteiger partial charge < -0.3 is 19.8 Å². The number of Topliss-reactive ketones (excluding diaryl/α,β-unsaturated/α-hetero) is 1. The van der Waals surface area contributed by atoms with Gasteiger partial charge in [-0.25, -0.2) is 9.37 Å². The molecule has 8 nitrogen and oxygen atoms in total. The van der Waals surface area contributed by atoms with Gasteiger partial charge in [0.15, 0.2) is 11.6 Å². The molecule has 196 valence electrons. The van der Waals surface area contributed by atoms with E-state index in [0.29, 0.717) is 41.9 Å². The van der Waals surface area contributed by atoms with Crippen molar-refractivity contribution in [2.24, 2.45) is 11.8 Å². The number of ketones is 1. The summed E-state index contributed by atoms with van der Waals surface area (Å²) in [6, 6.07) is 13.4. The minimum Gasteiger partial charge on any atom is -0.352 e. The Balaban J connectivity index is 1.15. The molecule has 0 aliphatic carbocycles. The van der Waals surface area contributed by atoms with Crippen molar-refractivity contribution in [3.05, 3.63) is 65.9 Å². The second-order valence-electron chi connectivity index (χ2n) is 11.0. The van der Waals surface area contributed by atoms with E-state index in [9.17, 15) is 18.8 Å². The molecule has 4 aromatic rings. The number of H-pyrrole nitrogens is 2. The SMILES string of the molecule is CC(C)C[C@H](CC(=O)c1cc2cc(F)ccc2[nH]1)C(=O)N1C[C@@H]2C[C@H]1CN2C(=O)c1nc2ccccc2[nH]1. The first kappa shape index (κ1) is 24.3. The maximum Gasteiger partial charge on any atom is 0.290 e. The van der Waals surface area contributed by atoms with Crippen molar-refractivity contribution >= 4 is 39.5 Å². The number of halogens is 1. The molecule has 2 aliphatic heterocycles. The number of nitrogens with one attached hydrogen (secondary N) is 2. The number of benzene rings is 2. The number of nitrogens with zero attached hydrogens (tertiary/aromatic N) is 3. The Kier molecular flexibility index (Phi) is 6.01. The molecule has 0 spiro atoms. The lowest BCUT2D eigenvalue weighted by Gasteiger charge is -2.36. The summed E-state index contributed by atoms with van der Waals surface area (Å²) < 4.78 is 13.6. The number of rotatable bonds is 7. The average molecular weight is 516 g/mol. The first-order valence-electron chi connectivity index (χ1n) is 13.1. The zero-order chi connectivity index (χ0) is 26.6. The summed E-state index contributed by atoms with van der Waals surface area (Å²) in [6.07, 6.45) is 1.41. The van der Waals surface area contributed by atoms with E-state index in [1.807, 2.05) is 47.9 Å². The molecule has 0 saturated carbocycles. The number of amides is 2. The maximum atomic E-state index is 13.7. The van der Waals surface area contributed by atoms with Gasteiger partial charge in [0.05, 0.1) is 28.8 Å². The van der Waals surface area contributed by atoms with Gasteiger partial charge in [0, 0.05) is 36.3 Å². The van der Waals surface area contributed by atoms with Gasteiger partial charge in [-0.15, -0.1) is 0 Å². The van der Waals surface area contributed by atoms with E-state index < -0.39 is 5.92 Å². The molecule has 0 radical (unpaired) electrons. The van der Waals surface area contributed by atoms with Crippen LogP contribution in [0.4, 0.5) is 4.39 Å². The maximum absolute atomic E-state index is 13.7. The van der Waals surface area contributed by atoms with E-state index >= 15 is 0 Å². The zero-order valence-corrected chi connectivity index (χ0v) is 21.4. The van der Waals surface area contributed by atoms with E-state index in [4.69, 9.17) is 0 Å². The minimum atomic E-state index is -0.454. The Hall–Kier alpha value is -4.01. The fourth-order valence-corrected chi connectivity index (χ4v) is 6.04. The summed E-state index contributed by atoms with van der Waals surface area (Å²) in [5, 5.41) is 0.631. The molecule has 38 heavy (non-hydrogen) atoms. The third kappa shape index (κ3) is 4.36. The number of likely N-dealkylation sites (tertiary alicyclic amines) is 2. The third-order valence-corrected chi connectivity index (χ3v) is 7.80. The van der Waals surface area contributed by atoms with Gasteiger partial charge in [0.25, 0.3) is 5.91 Å². The molecule has 2 amide bonds. The number of fused-ring (bicyclic) bond motifs is 4. The van der Waals surface area contributed by atoms with Crippen molar-refractivity contribution < 1.29 is 18.8 Å². The molecule has 0 unspecified atom stereocenters. The lowest BCUT2D eigenvalue weighted by molar-refractivity contribution is -0.138. The van der Waals surface area contributed by atoms with Crippen molar-refractivity contribution in [2.75, 3.05) is 13.1 Å². The number of carbonyl (C=O) groups excluding carboxylic acids is 3. The highest BCUT2D eigenvalue weighted by atomic mass is 19.1. The van der Waals surface area contributed by atoms with Crippen LogP contribution in [-0.2, 0) is 4.79 Å². The Labute approximate surface area is 219 Å². The van der Waals surface area contributed by atoms with E-state index in [2.05, 4.69) is 15.0 Å². The van der Waals surface area contributed by atoms with Crippen LogP contribution in [0.3, 0.4) is 0 Å². The van der Waals surface area contributed by atoms with Crippen molar-refractivity contribution in [1.82, 2.24) is 24.8 Å². The topological polar surface area (TPSA) is 102 Å². The molecule has 2 N–H and O–H groups in total. The van der Waals surface area contributed by atoms with Gasteiger partial charge in [-0.1, -0.05) is 26.0 Å². The monoisotopic (exact) mass is 515 g/mol. The summed E-state index contributed by atoms with van der Waals surface area (Å²) in [7, 11) is 0. The smallest absolute Gasteiger partial charge is 0.290 e. The summed E-state index contributed by atoms with van der Waals surface area (Å²) in [5.41, 5.74) is 2.64. The van der Waals surface area contributed by atoms with E-state index in [-0.39, 0.29) is 47.8 Å². The second kappa shape index (κ2) is 9.38. The quantitative estimate of drug-likeness (QED) is 0.353. The molecular weight excluding hydrogens is 485 g/mol. The van der Waals surface area contributed by atoms with E-state index in [0.717, 1.165) is 17.5 Å². The fraction of sp³-hybridized carbons (Fsp3) is 0.379. The van der Waals surface area contributed by atoms with E-state index in [1.54, 1.807) is 12.1 Å². The van der Waals surface area contributed by atoms with Gasteiger partial charge in [-0.3, -0.25) is 14.4 Å². The highest BCUT2D eigenvalue weighted by Crippen LogP contribution is 2.34. The number of imidazole rings is 1. The van der Waals surface area contributed by atoms with Gasteiger partial charge in [0.1, 0.15) is 5.82 Å². The number of hydrogen-bond donors (Lipinski definition) is 2. The number of carbonyl (C=O) groups is 3. The van der Waals surface area contributed by atoms with Gasteiger partial charge in [-0.2, -0.15) is 0 Å². The van der Waals surface area contributed by atoms with Crippen LogP contribution < -0.4 is 0 Å². The standard InChI is InChI=1S/C29H30FN5O3/c1-16(2)9-18(12-26(36)25-11-17-10-19(30)7-8-22(17)31-25)28(37)34-14-21-13-20(34)15-35(21)29(38)27-32-23-5-3-4-6-24(23)33-27/h3-8,10-11,16,18,20-21,31H,9,12-15H2,1-2H3,(H,32,33)/t18-,20+,21+/m1/s1. The molecular formula is C29H30FN5O3. The van der Waals surface area contributed by atoms with E-state index in [1.165, 1.54) is 12.1 Å². The Morgan fingerprint density at radius 3 is 2.50 bits per heavy atom. The third-order valence-electron chi connectivity index (χ3n) is 7.80. The molecule has 2 aliphatic rings. The molecule has 4 heterocycles. The fourth-order valence-electron chi connectivity index (χ4n) is 6.04. The minimum absolute atomic E-state index is 0.0301. The lowest BCUT2D eigenvalue weighted by atomic mass is 9.90. The number of aromatic nitrogens is 3. The first-order valence-corrected chi connectivity index (χ1v) is 13.1. The second-order valence-corrected chi connectivity index (χ2v) is 11.0. The molecule has 9 heteroatoms. The van der Waals surface area contributed by atoms with Crippen molar-refractivity contribution in [1.29, 1.82) is 0 Å². The van der Waals surface area contributed by atoms with Crippen LogP contribution in [0.25, 0.3) is 21.9 Å². The summed E-state index contributed by atoms with van der Waals surface area (Å²) in [5.74, 6) is -0.600. The number of piperazine rings is 1. The largest absolute Gasteiger partial charge is 0.352 e. The molecule has 2 bridgehead atoms. The van der Waals surface area contributed by atoms with Crippen molar-refractivity contribution in [3.63, 3.8) is 0 Å². The molecule has 2 fully saturated rings. The molecule has 2 aromatic heterocycles. The van der Waals surface area contributed by atoms with Crippen LogP contribution in [0, 0.1) is 17.7 Å². The number of aromatic amines is 2. The molecule has 2 aromatic carbocycles.